The van der Waals surface area contributed by atoms with Gasteiger partial charge in [-0.15, -0.1) is 0 Å². The topological polar surface area (TPSA) is 94.4 Å². The quantitative estimate of drug-likeness (QED) is 0.738. The molecular weight excluding hydrogens is 198 g/mol. The highest BCUT2D eigenvalue weighted by Gasteiger charge is 2.23. The third-order valence-electron chi connectivity index (χ3n) is 2.08. The largest absolute Gasteiger partial charge is 0.382 e. The van der Waals surface area contributed by atoms with Crippen LogP contribution in [-0.2, 0) is 4.74 Å². The number of aliphatic hydroxyl groups is 1. The van der Waals surface area contributed by atoms with Gasteiger partial charge >= 0.3 is 0 Å². The van der Waals surface area contributed by atoms with Gasteiger partial charge in [0.25, 0.3) is 5.89 Å². The number of nitrogens with zero attached hydrogens (tertiary/aromatic N) is 2. The van der Waals surface area contributed by atoms with E-state index in [1.165, 1.54) is 0 Å². The van der Waals surface area contributed by atoms with Crippen molar-refractivity contribution in [1.29, 1.82) is 0 Å². The molecule has 6 nitrogen and oxygen atoms in total. The van der Waals surface area contributed by atoms with Crippen molar-refractivity contribution < 1.29 is 14.4 Å². The predicted molar refractivity (Wildman–Crippen MR) is 52.9 cm³/mol. The van der Waals surface area contributed by atoms with Crippen molar-refractivity contribution in [1.82, 2.24) is 10.1 Å². The van der Waals surface area contributed by atoms with Crippen LogP contribution in [0.2, 0.25) is 0 Å². The minimum absolute atomic E-state index is 0.0565. The van der Waals surface area contributed by atoms with Crippen LogP contribution in [0, 0.1) is 5.92 Å². The summed E-state index contributed by atoms with van der Waals surface area (Å²) in [5.41, 5.74) is 5.27. The molecule has 0 radical (unpaired) electrons. The Morgan fingerprint density at radius 3 is 2.67 bits per heavy atom. The second-order valence-corrected chi connectivity index (χ2v) is 3.64. The Kier molecular flexibility index (Phi) is 4.19. The molecular formula is C9H17N3O3. The van der Waals surface area contributed by atoms with Crippen LogP contribution < -0.4 is 5.73 Å². The molecule has 0 saturated carbocycles. The molecule has 3 N–H and O–H groups in total. The van der Waals surface area contributed by atoms with Crippen LogP contribution in [0.4, 0.5) is 0 Å². The first-order valence-electron chi connectivity index (χ1n) is 4.84. The van der Waals surface area contributed by atoms with Crippen LogP contribution in [0.15, 0.2) is 4.52 Å². The van der Waals surface area contributed by atoms with Crippen molar-refractivity contribution in [3.05, 3.63) is 11.7 Å². The van der Waals surface area contributed by atoms with Gasteiger partial charge in [0.15, 0.2) is 0 Å². The van der Waals surface area contributed by atoms with Gasteiger partial charge in [0.2, 0.25) is 5.82 Å². The lowest BCUT2D eigenvalue weighted by molar-refractivity contribution is 0.0555. The normalized spacial score (nSPS) is 15.6. The van der Waals surface area contributed by atoms with E-state index < -0.39 is 6.10 Å². The summed E-state index contributed by atoms with van der Waals surface area (Å²) in [4.78, 5) is 4.04. The van der Waals surface area contributed by atoms with Crippen molar-refractivity contribution in [3.63, 3.8) is 0 Å². The first-order chi connectivity index (χ1) is 7.10. The van der Waals surface area contributed by atoms with E-state index in [2.05, 4.69) is 10.1 Å². The summed E-state index contributed by atoms with van der Waals surface area (Å²) in [5.74, 6) is 0.806. The Hall–Kier alpha value is -0.980. The summed E-state index contributed by atoms with van der Waals surface area (Å²) < 4.78 is 10.1. The SMILES string of the molecule is COC(c1noc(C(O)CN)n1)C(C)C. The molecule has 0 aliphatic rings. The fraction of sp³-hybridized carbons (Fsp3) is 0.778. The first-order valence-corrected chi connectivity index (χ1v) is 4.84. The molecule has 0 aliphatic carbocycles. The van der Waals surface area contributed by atoms with E-state index in [1.807, 2.05) is 13.8 Å². The van der Waals surface area contributed by atoms with Crippen LogP contribution >= 0.6 is 0 Å². The number of aromatic nitrogens is 2. The standard InChI is InChI=1S/C9H17N3O3/c1-5(2)7(14-3)8-11-9(15-12-8)6(13)4-10/h5-7,13H,4,10H2,1-3H3. The van der Waals surface area contributed by atoms with Crippen LogP contribution in [0.5, 0.6) is 0 Å². The number of ether oxygens (including phenoxy) is 1. The highest BCUT2D eigenvalue weighted by atomic mass is 16.5. The third kappa shape index (κ3) is 2.74. The Balaban J connectivity index is 2.82. The summed E-state index contributed by atoms with van der Waals surface area (Å²) in [5, 5.41) is 13.1. The molecule has 1 aromatic rings. The van der Waals surface area contributed by atoms with E-state index in [-0.39, 0.29) is 24.5 Å². The minimum Gasteiger partial charge on any atom is -0.382 e. The van der Waals surface area contributed by atoms with Crippen LogP contribution in [0.1, 0.15) is 37.8 Å². The van der Waals surface area contributed by atoms with Crippen molar-refractivity contribution in [2.75, 3.05) is 13.7 Å². The Morgan fingerprint density at radius 1 is 1.53 bits per heavy atom. The fourth-order valence-electron chi connectivity index (χ4n) is 1.27. The lowest BCUT2D eigenvalue weighted by Gasteiger charge is -2.14. The molecule has 0 bridgehead atoms. The van der Waals surface area contributed by atoms with Gasteiger partial charge in [-0.25, -0.2) is 0 Å². The van der Waals surface area contributed by atoms with Gasteiger partial charge in [-0.05, 0) is 5.92 Å². The molecule has 2 atom stereocenters. The zero-order valence-corrected chi connectivity index (χ0v) is 9.17. The van der Waals surface area contributed by atoms with Crippen LogP contribution in [0.3, 0.4) is 0 Å². The molecule has 0 amide bonds. The maximum atomic E-state index is 9.37. The molecule has 0 saturated heterocycles. The van der Waals surface area contributed by atoms with Crippen molar-refractivity contribution in [2.24, 2.45) is 11.7 Å². The molecule has 1 aromatic heterocycles. The van der Waals surface area contributed by atoms with Crippen LogP contribution in [0.25, 0.3) is 0 Å². The maximum absolute atomic E-state index is 9.37. The van der Waals surface area contributed by atoms with Gasteiger partial charge in [-0.1, -0.05) is 19.0 Å². The van der Waals surface area contributed by atoms with E-state index in [9.17, 15) is 5.11 Å². The minimum atomic E-state index is -0.907. The smallest absolute Gasteiger partial charge is 0.256 e. The Bertz CT molecular complexity index is 301. The Labute approximate surface area is 88.4 Å². The number of hydrogen-bond donors (Lipinski definition) is 2. The highest BCUT2D eigenvalue weighted by molar-refractivity contribution is 4.95. The van der Waals surface area contributed by atoms with Gasteiger partial charge in [0.05, 0.1) is 0 Å². The average molecular weight is 215 g/mol. The van der Waals surface area contributed by atoms with Crippen molar-refractivity contribution in [2.45, 2.75) is 26.1 Å². The van der Waals surface area contributed by atoms with E-state index in [1.54, 1.807) is 7.11 Å². The predicted octanol–water partition coefficient (Wildman–Crippen LogP) is 0.405. The second-order valence-electron chi connectivity index (χ2n) is 3.64. The molecule has 15 heavy (non-hydrogen) atoms. The molecule has 2 unspecified atom stereocenters. The third-order valence-corrected chi connectivity index (χ3v) is 2.08. The van der Waals surface area contributed by atoms with Gasteiger partial charge in [-0.2, -0.15) is 4.98 Å². The number of nitrogens with two attached hydrogens (primary N) is 1. The molecule has 1 rings (SSSR count). The summed E-state index contributed by atoms with van der Waals surface area (Å²) >= 11 is 0. The maximum Gasteiger partial charge on any atom is 0.256 e. The van der Waals surface area contributed by atoms with E-state index in [0.717, 1.165) is 0 Å². The molecule has 86 valence electrons. The molecule has 6 heteroatoms. The summed E-state index contributed by atoms with van der Waals surface area (Å²) in [6, 6.07) is 0. The van der Waals surface area contributed by atoms with Gasteiger partial charge in [0.1, 0.15) is 12.2 Å². The van der Waals surface area contributed by atoms with Gasteiger partial charge < -0.3 is 20.1 Å². The van der Waals surface area contributed by atoms with Crippen LogP contribution in [-0.4, -0.2) is 28.9 Å². The van der Waals surface area contributed by atoms with E-state index in [0.29, 0.717) is 5.82 Å². The lowest BCUT2D eigenvalue weighted by atomic mass is 10.1. The highest BCUT2D eigenvalue weighted by Crippen LogP contribution is 2.23. The number of hydrogen-bond acceptors (Lipinski definition) is 6. The molecule has 0 aromatic carbocycles. The fourth-order valence-corrected chi connectivity index (χ4v) is 1.27. The van der Waals surface area contributed by atoms with Crippen molar-refractivity contribution >= 4 is 0 Å². The zero-order valence-electron chi connectivity index (χ0n) is 9.17. The van der Waals surface area contributed by atoms with Gasteiger partial charge in [0, 0.05) is 13.7 Å². The monoisotopic (exact) mass is 215 g/mol. The molecule has 0 spiro atoms. The second kappa shape index (κ2) is 5.20. The van der Waals surface area contributed by atoms with E-state index in [4.69, 9.17) is 15.0 Å². The first kappa shape index (κ1) is 12.1. The van der Waals surface area contributed by atoms with Gasteiger partial charge in [-0.3, -0.25) is 0 Å². The zero-order chi connectivity index (χ0) is 11.4. The number of methoxy groups -OCH3 is 1. The van der Waals surface area contributed by atoms with Crippen molar-refractivity contribution in [3.8, 4) is 0 Å². The lowest BCUT2D eigenvalue weighted by Crippen LogP contribution is -2.13. The molecule has 0 fully saturated rings. The molecule has 0 aliphatic heterocycles. The summed E-state index contributed by atoms with van der Waals surface area (Å²) in [7, 11) is 1.58. The Morgan fingerprint density at radius 2 is 2.20 bits per heavy atom. The van der Waals surface area contributed by atoms with E-state index >= 15 is 0 Å². The number of rotatable bonds is 5. The average Bonchev–Trinajstić information content (AvgIpc) is 2.66. The number of aliphatic hydroxyl groups excluding tert-OH is 1. The summed E-state index contributed by atoms with van der Waals surface area (Å²) in [6.45, 7) is 4.04. The molecule has 1 heterocycles. The summed E-state index contributed by atoms with van der Waals surface area (Å²) in [6.07, 6.45) is -1.14.